The third-order valence-electron chi connectivity index (χ3n) is 2.51. The first-order chi connectivity index (χ1) is 6.49. The molecule has 0 aromatic heterocycles. The lowest BCUT2D eigenvalue weighted by molar-refractivity contribution is -0.125. The summed E-state index contributed by atoms with van der Waals surface area (Å²) < 4.78 is 0. The molecular formula is C11H22BrNO. The Bertz CT molecular complexity index is 171. The molecule has 3 heteroatoms. The summed E-state index contributed by atoms with van der Waals surface area (Å²) in [6, 6.07) is 0. The van der Waals surface area contributed by atoms with Crippen LogP contribution in [0.3, 0.4) is 0 Å². The van der Waals surface area contributed by atoms with Gasteiger partial charge in [0.1, 0.15) is 0 Å². The fraction of sp³-hybridized carbons (Fsp3) is 0.909. The van der Waals surface area contributed by atoms with Crippen LogP contribution in [0.5, 0.6) is 0 Å². The molecule has 0 bridgehead atoms. The standard InChI is InChI=1S/C11H22BrNO/c1-5-6-10(12)7-13-11(14)9(4)8(2)3/h8-10H,5-7H2,1-4H3,(H,13,14). The van der Waals surface area contributed by atoms with Gasteiger partial charge in [-0.15, -0.1) is 0 Å². The summed E-state index contributed by atoms with van der Waals surface area (Å²) in [7, 11) is 0. The lowest BCUT2D eigenvalue weighted by atomic mass is 9.97. The summed E-state index contributed by atoms with van der Waals surface area (Å²) in [4.78, 5) is 12.0. The van der Waals surface area contributed by atoms with Crippen LogP contribution in [0.15, 0.2) is 0 Å². The molecule has 1 amide bonds. The Morgan fingerprint density at radius 3 is 2.36 bits per heavy atom. The van der Waals surface area contributed by atoms with Gasteiger partial charge in [0.15, 0.2) is 0 Å². The van der Waals surface area contributed by atoms with E-state index in [9.17, 15) is 4.79 Å². The van der Waals surface area contributed by atoms with Crippen LogP contribution in [0.25, 0.3) is 0 Å². The highest BCUT2D eigenvalue weighted by atomic mass is 79.9. The van der Waals surface area contributed by atoms with E-state index < -0.39 is 0 Å². The Hall–Kier alpha value is -0.0500. The number of hydrogen-bond donors (Lipinski definition) is 1. The van der Waals surface area contributed by atoms with Crippen molar-refractivity contribution >= 4 is 21.8 Å². The monoisotopic (exact) mass is 263 g/mol. The first-order valence-electron chi connectivity index (χ1n) is 5.40. The fourth-order valence-electron chi connectivity index (χ4n) is 1.09. The van der Waals surface area contributed by atoms with Crippen molar-refractivity contribution in [1.29, 1.82) is 0 Å². The third kappa shape index (κ3) is 5.63. The summed E-state index contributed by atoms with van der Waals surface area (Å²) in [6.45, 7) is 9.00. The van der Waals surface area contributed by atoms with E-state index in [1.54, 1.807) is 0 Å². The van der Waals surface area contributed by atoms with Gasteiger partial charge >= 0.3 is 0 Å². The maximum atomic E-state index is 11.6. The normalized spacial score (nSPS) is 15.3. The number of halogens is 1. The van der Waals surface area contributed by atoms with Crippen molar-refractivity contribution in [3.63, 3.8) is 0 Å². The van der Waals surface area contributed by atoms with Crippen molar-refractivity contribution in [2.45, 2.75) is 45.4 Å². The molecular weight excluding hydrogens is 242 g/mol. The summed E-state index contributed by atoms with van der Waals surface area (Å²) in [5.74, 6) is 0.687. The maximum Gasteiger partial charge on any atom is 0.223 e. The number of rotatable bonds is 6. The fourth-order valence-corrected chi connectivity index (χ4v) is 1.71. The van der Waals surface area contributed by atoms with Gasteiger partial charge in [0.2, 0.25) is 5.91 Å². The van der Waals surface area contributed by atoms with Crippen LogP contribution in [0, 0.1) is 11.8 Å². The van der Waals surface area contributed by atoms with Crippen LogP contribution in [-0.2, 0) is 4.79 Å². The summed E-state index contributed by atoms with van der Waals surface area (Å²) >= 11 is 3.54. The molecule has 0 aromatic carbocycles. The minimum atomic E-state index is 0.108. The summed E-state index contributed by atoms with van der Waals surface area (Å²) in [6.07, 6.45) is 2.25. The Kier molecular flexibility index (Phi) is 7.24. The summed E-state index contributed by atoms with van der Waals surface area (Å²) in [5.41, 5.74) is 0. The highest BCUT2D eigenvalue weighted by Crippen LogP contribution is 2.10. The molecule has 0 saturated heterocycles. The molecule has 0 aliphatic rings. The lowest BCUT2D eigenvalue weighted by Crippen LogP contribution is -2.35. The molecule has 0 saturated carbocycles. The van der Waals surface area contributed by atoms with Gasteiger partial charge in [0.05, 0.1) is 0 Å². The van der Waals surface area contributed by atoms with E-state index in [2.05, 4.69) is 42.0 Å². The predicted molar refractivity (Wildman–Crippen MR) is 64.6 cm³/mol. The van der Waals surface area contributed by atoms with Gasteiger partial charge in [-0.3, -0.25) is 4.79 Å². The van der Waals surface area contributed by atoms with Crippen molar-refractivity contribution in [1.82, 2.24) is 5.32 Å². The average molecular weight is 264 g/mol. The average Bonchev–Trinajstić information content (AvgIpc) is 2.13. The third-order valence-corrected chi connectivity index (χ3v) is 3.29. The SMILES string of the molecule is CCCC(Br)CNC(=O)C(C)C(C)C. The number of hydrogen-bond acceptors (Lipinski definition) is 1. The van der Waals surface area contributed by atoms with E-state index in [4.69, 9.17) is 0 Å². The van der Waals surface area contributed by atoms with E-state index in [0.717, 1.165) is 19.4 Å². The largest absolute Gasteiger partial charge is 0.355 e. The second-order valence-electron chi connectivity index (χ2n) is 4.16. The van der Waals surface area contributed by atoms with Crippen LogP contribution in [0.4, 0.5) is 0 Å². The molecule has 0 spiro atoms. The van der Waals surface area contributed by atoms with Gasteiger partial charge in [-0.25, -0.2) is 0 Å². The molecule has 0 heterocycles. The molecule has 0 aliphatic heterocycles. The van der Waals surface area contributed by atoms with Crippen LogP contribution >= 0.6 is 15.9 Å². The minimum absolute atomic E-state index is 0.108. The van der Waals surface area contributed by atoms with E-state index in [1.807, 2.05) is 6.92 Å². The Balaban J connectivity index is 3.73. The molecule has 2 nitrogen and oxygen atoms in total. The zero-order valence-corrected chi connectivity index (χ0v) is 11.2. The molecule has 84 valence electrons. The molecule has 0 aliphatic carbocycles. The molecule has 2 atom stereocenters. The molecule has 0 rings (SSSR count). The van der Waals surface area contributed by atoms with Crippen LogP contribution < -0.4 is 5.32 Å². The summed E-state index contributed by atoms with van der Waals surface area (Å²) in [5, 5.41) is 2.96. The van der Waals surface area contributed by atoms with E-state index in [0.29, 0.717) is 10.7 Å². The topological polar surface area (TPSA) is 29.1 Å². The zero-order chi connectivity index (χ0) is 11.1. The van der Waals surface area contributed by atoms with E-state index in [1.165, 1.54) is 0 Å². The zero-order valence-electron chi connectivity index (χ0n) is 9.64. The Morgan fingerprint density at radius 1 is 1.36 bits per heavy atom. The highest BCUT2D eigenvalue weighted by molar-refractivity contribution is 9.09. The van der Waals surface area contributed by atoms with Gasteiger partial charge in [0.25, 0.3) is 0 Å². The molecule has 0 aromatic rings. The maximum absolute atomic E-state index is 11.6. The van der Waals surface area contributed by atoms with Crippen molar-refractivity contribution in [3.8, 4) is 0 Å². The molecule has 1 N–H and O–H groups in total. The van der Waals surface area contributed by atoms with Gasteiger partial charge < -0.3 is 5.32 Å². The highest BCUT2D eigenvalue weighted by Gasteiger charge is 2.16. The molecule has 14 heavy (non-hydrogen) atoms. The van der Waals surface area contributed by atoms with Gasteiger partial charge in [-0.05, 0) is 12.3 Å². The number of nitrogens with one attached hydrogen (secondary N) is 1. The van der Waals surface area contributed by atoms with Crippen LogP contribution in [0.1, 0.15) is 40.5 Å². The Morgan fingerprint density at radius 2 is 1.93 bits per heavy atom. The van der Waals surface area contributed by atoms with Crippen molar-refractivity contribution in [2.75, 3.05) is 6.54 Å². The van der Waals surface area contributed by atoms with Gasteiger partial charge in [0, 0.05) is 17.3 Å². The quantitative estimate of drug-likeness (QED) is 0.734. The first-order valence-corrected chi connectivity index (χ1v) is 6.32. The van der Waals surface area contributed by atoms with E-state index >= 15 is 0 Å². The van der Waals surface area contributed by atoms with Crippen molar-refractivity contribution < 1.29 is 4.79 Å². The predicted octanol–water partition coefficient (Wildman–Crippen LogP) is 2.96. The number of carbonyl (C=O) groups is 1. The first kappa shape index (κ1) is 13.9. The number of carbonyl (C=O) groups excluding carboxylic acids is 1. The number of amides is 1. The van der Waals surface area contributed by atoms with Gasteiger partial charge in [-0.1, -0.05) is 50.0 Å². The number of alkyl halides is 1. The molecule has 0 fully saturated rings. The van der Waals surface area contributed by atoms with Crippen LogP contribution in [-0.4, -0.2) is 17.3 Å². The van der Waals surface area contributed by atoms with Gasteiger partial charge in [-0.2, -0.15) is 0 Å². The Labute approximate surface area is 96.0 Å². The second kappa shape index (κ2) is 7.27. The minimum Gasteiger partial charge on any atom is -0.355 e. The van der Waals surface area contributed by atoms with Crippen LogP contribution in [0.2, 0.25) is 0 Å². The second-order valence-corrected chi connectivity index (χ2v) is 5.46. The van der Waals surface area contributed by atoms with E-state index in [-0.39, 0.29) is 11.8 Å². The molecule has 2 unspecified atom stereocenters. The van der Waals surface area contributed by atoms with Crippen molar-refractivity contribution in [2.24, 2.45) is 11.8 Å². The molecule has 0 radical (unpaired) electrons. The lowest BCUT2D eigenvalue weighted by Gasteiger charge is -2.16. The van der Waals surface area contributed by atoms with Crippen molar-refractivity contribution in [3.05, 3.63) is 0 Å². The smallest absolute Gasteiger partial charge is 0.223 e.